The second-order valence-electron chi connectivity index (χ2n) is 4.86. The van der Waals surface area contributed by atoms with Gasteiger partial charge < -0.3 is 0 Å². The van der Waals surface area contributed by atoms with E-state index in [0.29, 0.717) is 13.1 Å². The van der Waals surface area contributed by atoms with E-state index in [2.05, 4.69) is 16.8 Å². The molecule has 0 unspecified atom stereocenters. The zero-order valence-electron chi connectivity index (χ0n) is 12.0. The minimum atomic E-state index is 0.167. The molecule has 0 bridgehead atoms. The molecule has 1 aromatic carbocycles. The molecule has 0 saturated heterocycles. The highest BCUT2D eigenvalue weighted by Crippen LogP contribution is 2.10. The lowest BCUT2D eigenvalue weighted by Gasteiger charge is -2.19. The summed E-state index contributed by atoms with van der Waals surface area (Å²) >= 11 is 0. The van der Waals surface area contributed by atoms with Crippen molar-refractivity contribution in [2.24, 2.45) is 0 Å². The zero-order chi connectivity index (χ0) is 14.4. The lowest BCUT2D eigenvalue weighted by atomic mass is 10.0. The summed E-state index contributed by atoms with van der Waals surface area (Å²) in [5.74, 6) is 0.167. The van der Waals surface area contributed by atoms with Crippen molar-refractivity contribution in [3.05, 3.63) is 65.5 Å². The summed E-state index contributed by atoms with van der Waals surface area (Å²) in [7, 11) is 0. The number of ketones is 1. The number of aryl methyl sites for hydroxylation is 1. The van der Waals surface area contributed by atoms with Gasteiger partial charge in [-0.3, -0.25) is 14.7 Å². The molecule has 2 rings (SSSR count). The number of carbonyl (C=O) groups excluding carboxylic acids is 1. The van der Waals surface area contributed by atoms with Gasteiger partial charge in [0.2, 0.25) is 0 Å². The molecular formula is C17H20N2O. The topological polar surface area (TPSA) is 33.2 Å². The number of nitrogens with zero attached hydrogens (tertiary/aromatic N) is 2. The molecule has 0 aliphatic heterocycles. The fourth-order valence-electron chi connectivity index (χ4n) is 2.17. The van der Waals surface area contributed by atoms with Crippen LogP contribution in [0.3, 0.4) is 0 Å². The predicted molar refractivity (Wildman–Crippen MR) is 80.7 cm³/mol. The number of likely N-dealkylation sites (N-methyl/N-ethyl adjacent to an activating group) is 1. The molecule has 0 N–H and O–H groups in total. The van der Waals surface area contributed by atoms with Crippen molar-refractivity contribution in [1.82, 2.24) is 9.88 Å². The summed E-state index contributed by atoms with van der Waals surface area (Å²) in [6.45, 7) is 6.00. The maximum Gasteiger partial charge on any atom is 0.177 e. The quantitative estimate of drug-likeness (QED) is 0.755. The Bertz CT molecular complexity index is 566. The number of aromatic nitrogens is 1. The monoisotopic (exact) mass is 268 g/mol. The van der Waals surface area contributed by atoms with Gasteiger partial charge in [-0.05, 0) is 31.2 Å². The number of hydrogen-bond acceptors (Lipinski definition) is 3. The lowest BCUT2D eigenvalue weighted by molar-refractivity contribution is 0.0928. The normalized spacial score (nSPS) is 10.8. The number of carbonyl (C=O) groups is 1. The molecule has 0 saturated carbocycles. The van der Waals surface area contributed by atoms with Crippen molar-refractivity contribution in [2.45, 2.75) is 20.4 Å². The Morgan fingerprint density at radius 3 is 2.55 bits per heavy atom. The average Bonchev–Trinajstić information content (AvgIpc) is 2.48. The number of hydrogen-bond donors (Lipinski definition) is 0. The first kappa shape index (κ1) is 14.4. The van der Waals surface area contributed by atoms with Crippen LogP contribution in [0.4, 0.5) is 0 Å². The maximum atomic E-state index is 12.4. The summed E-state index contributed by atoms with van der Waals surface area (Å²) < 4.78 is 0. The molecule has 104 valence electrons. The standard InChI is InChI=1S/C17H20N2O/c1-3-19(12-15-9-6-7-11-18-15)13-17(20)16-10-5-4-8-14(16)2/h4-11H,3,12-13H2,1-2H3. The third-order valence-electron chi connectivity index (χ3n) is 3.37. The fourth-order valence-corrected chi connectivity index (χ4v) is 2.17. The second kappa shape index (κ2) is 6.96. The van der Waals surface area contributed by atoms with Gasteiger partial charge in [-0.2, -0.15) is 0 Å². The molecule has 0 atom stereocenters. The zero-order valence-corrected chi connectivity index (χ0v) is 12.0. The smallest absolute Gasteiger partial charge is 0.177 e. The highest BCUT2D eigenvalue weighted by molar-refractivity contribution is 5.98. The van der Waals surface area contributed by atoms with E-state index in [1.165, 1.54) is 0 Å². The van der Waals surface area contributed by atoms with E-state index in [4.69, 9.17) is 0 Å². The van der Waals surface area contributed by atoms with E-state index in [1.807, 2.05) is 49.4 Å². The Morgan fingerprint density at radius 2 is 1.90 bits per heavy atom. The van der Waals surface area contributed by atoms with E-state index < -0.39 is 0 Å². The van der Waals surface area contributed by atoms with Crippen LogP contribution in [-0.2, 0) is 6.54 Å². The summed E-state index contributed by atoms with van der Waals surface area (Å²) in [6, 6.07) is 13.6. The van der Waals surface area contributed by atoms with Gasteiger partial charge in [-0.15, -0.1) is 0 Å². The highest BCUT2D eigenvalue weighted by atomic mass is 16.1. The summed E-state index contributed by atoms with van der Waals surface area (Å²) in [5.41, 5.74) is 2.84. The van der Waals surface area contributed by atoms with E-state index in [9.17, 15) is 4.79 Å². The second-order valence-corrected chi connectivity index (χ2v) is 4.86. The Balaban J connectivity index is 2.03. The third kappa shape index (κ3) is 3.75. The maximum absolute atomic E-state index is 12.4. The molecule has 0 aliphatic carbocycles. The van der Waals surface area contributed by atoms with Crippen LogP contribution in [0.2, 0.25) is 0 Å². The minimum Gasteiger partial charge on any atom is -0.293 e. The average molecular weight is 268 g/mol. The summed E-state index contributed by atoms with van der Waals surface area (Å²) in [5, 5.41) is 0. The Morgan fingerprint density at radius 1 is 1.15 bits per heavy atom. The van der Waals surface area contributed by atoms with Crippen molar-refractivity contribution in [3.8, 4) is 0 Å². The van der Waals surface area contributed by atoms with Crippen LogP contribution in [0.15, 0.2) is 48.7 Å². The molecule has 2 aromatic rings. The van der Waals surface area contributed by atoms with Crippen LogP contribution >= 0.6 is 0 Å². The van der Waals surface area contributed by atoms with Gasteiger partial charge in [0.25, 0.3) is 0 Å². The molecule has 3 nitrogen and oxygen atoms in total. The van der Waals surface area contributed by atoms with Crippen LogP contribution in [-0.4, -0.2) is 28.8 Å². The fraction of sp³-hybridized carbons (Fsp3) is 0.294. The van der Waals surface area contributed by atoms with Crippen molar-refractivity contribution < 1.29 is 4.79 Å². The van der Waals surface area contributed by atoms with Gasteiger partial charge in [-0.25, -0.2) is 0 Å². The largest absolute Gasteiger partial charge is 0.293 e. The third-order valence-corrected chi connectivity index (χ3v) is 3.37. The number of Topliss-reactive ketones (excluding diaryl/α,β-unsaturated/α-hetero) is 1. The summed E-state index contributed by atoms with van der Waals surface area (Å²) in [4.78, 5) is 18.8. The SMILES string of the molecule is CCN(CC(=O)c1ccccc1C)Cc1ccccn1. The van der Waals surface area contributed by atoms with Crippen molar-refractivity contribution in [1.29, 1.82) is 0 Å². The van der Waals surface area contributed by atoms with Gasteiger partial charge in [0.15, 0.2) is 5.78 Å². The molecule has 1 aromatic heterocycles. The Labute approximate surface area is 120 Å². The lowest BCUT2D eigenvalue weighted by Crippen LogP contribution is -2.30. The van der Waals surface area contributed by atoms with Gasteiger partial charge in [-0.1, -0.05) is 37.3 Å². The Hall–Kier alpha value is -2.00. The van der Waals surface area contributed by atoms with Gasteiger partial charge in [0.05, 0.1) is 12.2 Å². The van der Waals surface area contributed by atoms with E-state index in [0.717, 1.165) is 23.4 Å². The van der Waals surface area contributed by atoms with Crippen LogP contribution in [0, 0.1) is 6.92 Å². The number of rotatable bonds is 6. The van der Waals surface area contributed by atoms with E-state index in [-0.39, 0.29) is 5.78 Å². The molecule has 3 heteroatoms. The molecule has 0 aliphatic rings. The van der Waals surface area contributed by atoms with Gasteiger partial charge >= 0.3 is 0 Å². The predicted octanol–water partition coefficient (Wildman–Crippen LogP) is 3.09. The van der Waals surface area contributed by atoms with Gasteiger partial charge in [0, 0.05) is 18.3 Å². The minimum absolute atomic E-state index is 0.167. The molecular weight excluding hydrogens is 248 g/mol. The molecule has 0 fully saturated rings. The van der Waals surface area contributed by atoms with Crippen molar-refractivity contribution in [2.75, 3.05) is 13.1 Å². The van der Waals surface area contributed by atoms with E-state index in [1.54, 1.807) is 6.20 Å². The van der Waals surface area contributed by atoms with Crippen LogP contribution < -0.4 is 0 Å². The molecule has 0 amide bonds. The highest BCUT2D eigenvalue weighted by Gasteiger charge is 2.13. The molecule has 20 heavy (non-hydrogen) atoms. The van der Waals surface area contributed by atoms with Crippen molar-refractivity contribution in [3.63, 3.8) is 0 Å². The summed E-state index contributed by atoms with van der Waals surface area (Å²) in [6.07, 6.45) is 1.78. The number of pyridine rings is 1. The molecule has 0 radical (unpaired) electrons. The van der Waals surface area contributed by atoms with Crippen LogP contribution in [0.1, 0.15) is 28.5 Å². The Kier molecular flexibility index (Phi) is 5.02. The van der Waals surface area contributed by atoms with E-state index >= 15 is 0 Å². The molecule has 0 spiro atoms. The van der Waals surface area contributed by atoms with Crippen LogP contribution in [0.25, 0.3) is 0 Å². The van der Waals surface area contributed by atoms with Gasteiger partial charge in [0.1, 0.15) is 0 Å². The van der Waals surface area contributed by atoms with Crippen LogP contribution in [0.5, 0.6) is 0 Å². The molecule has 1 heterocycles. The van der Waals surface area contributed by atoms with Crippen molar-refractivity contribution >= 4 is 5.78 Å². The first-order valence-corrected chi connectivity index (χ1v) is 6.91. The first-order valence-electron chi connectivity index (χ1n) is 6.91. The first-order chi connectivity index (χ1) is 9.70. The number of benzene rings is 1.